The third-order valence-corrected chi connectivity index (χ3v) is 2.19. The predicted octanol–water partition coefficient (Wildman–Crippen LogP) is -1.01. The van der Waals surface area contributed by atoms with E-state index in [1.54, 1.807) is 0 Å². The van der Waals surface area contributed by atoms with E-state index in [1.807, 2.05) is 0 Å². The van der Waals surface area contributed by atoms with Crippen LogP contribution in [0.5, 0.6) is 0 Å². The number of pyridine rings is 1. The van der Waals surface area contributed by atoms with Crippen LogP contribution in [0.1, 0.15) is 11.7 Å². The molecule has 0 spiro atoms. The number of H-pyrrole nitrogens is 1. The lowest BCUT2D eigenvalue weighted by Crippen LogP contribution is -2.27. The number of hydrogen-bond acceptors (Lipinski definition) is 6. The van der Waals surface area contributed by atoms with Crippen LogP contribution in [-0.4, -0.2) is 37.4 Å². The molecule has 0 aliphatic carbocycles. The number of aliphatic hydroxyl groups excluding tert-OH is 2. The third kappa shape index (κ3) is 2.03. The van der Waals surface area contributed by atoms with Crippen LogP contribution in [0.4, 0.5) is 0 Å². The van der Waals surface area contributed by atoms with E-state index in [1.165, 1.54) is 6.07 Å². The molecule has 8 nitrogen and oxygen atoms in total. The molecule has 2 heterocycles. The SMILES string of the molecule is O=C(O)C(O)C(O)c1cnc2[nH]c(=O)oc2c1. The summed E-state index contributed by atoms with van der Waals surface area (Å²) in [4.78, 5) is 27.3. The van der Waals surface area contributed by atoms with Crippen LogP contribution >= 0.6 is 0 Å². The zero-order valence-corrected chi connectivity index (χ0v) is 8.32. The minimum absolute atomic E-state index is 0.0372. The molecule has 4 N–H and O–H groups in total. The number of carbonyl (C=O) groups is 1. The van der Waals surface area contributed by atoms with Crippen molar-refractivity contribution >= 4 is 17.2 Å². The van der Waals surface area contributed by atoms with Crippen LogP contribution in [0, 0.1) is 0 Å². The molecule has 90 valence electrons. The Hall–Kier alpha value is -2.19. The van der Waals surface area contributed by atoms with E-state index in [-0.39, 0.29) is 16.8 Å². The first-order valence-electron chi connectivity index (χ1n) is 4.57. The van der Waals surface area contributed by atoms with E-state index >= 15 is 0 Å². The zero-order valence-electron chi connectivity index (χ0n) is 8.32. The van der Waals surface area contributed by atoms with E-state index in [9.17, 15) is 14.7 Å². The summed E-state index contributed by atoms with van der Waals surface area (Å²) in [6.45, 7) is 0. The fraction of sp³-hybridized carbons (Fsp3) is 0.222. The van der Waals surface area contributed by atoms with Gasteiger partial charge in [-0.1, -0.05) is 0 Å². The normalized spacial score (nSPS) is 14.7. The number of nitrogens with zero attached hydrogens (tertiary/aromatic N) is 1. The van der Waals surface area contributed by atoms with Crippen molar-refractivity contribution in [3.8, 4) is 0 Å². The molecule has 0 aliphatic rings. The first kappa shape index (κ1) is 11.3. The summed E-state index contributed by atoms with van der Waals surface area (Å²) >= 11 is 0. The minimum Gasteiger partial charge on any atom is -0.479 e. The van der Waals surface area contributed by atoms with Gasteiger partial charge in [0, 0.05) is 11.8 Å². The lowest BCUT2D eigenvalue weighted by atomic mass is 10.1. The number of aromatic amines is 1. The van der Waals surface area contributed by atoms with Gasteiger partial charge in [0.05, 0.1) is 0 Å². The lowest BCUT2D eigenvalue weighted by molar-refractivity contribution is -0.153. The van der Waals surface area contributed by atoms with Crippen LogP contribution in [0.2, 0.25) is 0 Å². The largest absolute Gasteiger partial charge is 0.479 e. The summed E-state index contributed by atoms with van der Waals surface area (Å²) in [5.74, 6) is -2.27. The first-order valence-corrected chi connectivity index (χ1v) is 4.57. The van der Waals surface area contributed by atoms with Crippen LogP contribution in [0.3, 0.4) is 0 Å². The Balaban J connectivity index is 2.42. The average molecular weight is 240 g/mol. The molecular formula is C9H8N2O6. The van der Waals surface area contributed by atoms with Gasteiger partial charge in [-0.15, -0.1) is 0 Å². The number of carboxylic acids is 1. The molecule has 0 aliphatic heterocycles. The second-order valence-corrected chi connectivity index (χ2v) is 3.36. The maximum atomic E-state index is 10.8. The highest BCUT2D eigenvalue weighted by Crippen LogP contribution is 2.19. The van der Waals surface area contributed by atoms with E-state index in [0.29, 0.717) is 0 Å². The summed E-state index contributed by atoms with van der Waals surface area (Å²) in [6, 6.07) is 1.23. The van der Waals surface area contributed by atoms with Crippen LogP contribution < -0.4 is 5.76 Å². The summed E-state index contributed by atoms with van der Waals surface area (Å²) in [5, 5.41) is 27.2. The van der Waals surface area contributed by atoms with Crippen molar-refractivity contribution in [2.45, 2.75) is 12.2 Å². The number of fused-ring (bicyclic) bond motifs is 1. The summed E-state index contributed by atoms with van der Waals surface area (Å²) < 4.78 is 4.69. The highest BCUT2D eigenvalue weighted by molar-refractivity contribution is 5.73. The smallest absolute Gasteiger partial charge is 0.418 e. The van der Waals surface area contributed by atoms with Crippen LogP contribution in [-0.2, 0) is 4.79 Å². The van der Waals surface area contributed by atoms with Gasteiger partial charge in [-0.25, -0.2) is 14.6 Å². The van der Waals surface area contributed by atoms with Gasteiger partial charge in [-0.3, -0.25) is 4.98 Å². The second-order valence-electron chi connectivity index (χ2n) is 3.36. The molecule has 0 saturated carbocycles. The van der Waals surface area contributed by atoms with E-state index in [4.69, 9.17) is 10.2 Å². The van der Waals surface area contributed by atoms with Crippen molar-refractivity contribution in [2.24, 2.45) is 0 Å². The molecule has 0 fully saturated rings. The Kier molecular flexibility index (Phi) is 2.66. The molecule has 2 aromatic heterocycles. The zero-order chi connectivity index (χ0) is 12.6. The predicted molar refractivity (Wildman–Crippen MR) is 53.2 cm³/mol. The standard InChI is InChI=1S/C9H8N2O6/c12-5(6(13)8(14)15)3-1-4-7(10-2-3)11-9(16)17-4/h1-2,5-6,12-13H,(H,14,15)(H,10,11,16). The van der Waals surface area contributed by atoms with Crippen molar-refractivity contribution in [2.75, 3.05) is 0 Å². The number of aromatic nitrogens is 2. The minimum atomic E-state index is -1.97. The monoisotopic (exact) mass is 240 g/mol. The van der Waals surface area contributed by atoms with Gasteiger partial charge in [-0.05, 0) is 6.07 Å². The van der Waals surface area contributed by atoms with Gasteiger partial charge in [0.1, 0.15) is 6.10 Å². The Morgan fingerprint density at radius 2 is 2.18 bits per heavy atom. The molecule has 0 amide bonds. The quantitative estimate of drug-likeness (QED) is 0.539. The number of nitrogens with one attached hydrogen (secondary N) is 1. The van der Waals surface area contributed by atoms with Crippen molar-refractivity contribution in [1.82, 2.24) is 9.97 Å². The summed E-state index contributed by atoms with van der Waals surface area (Å²) in [7, 11) is 0. The number of aliphatic carboxylic acids is 1. The molecule has 0 radical (unpaired) electrons. The molecule has 0 saturated heterocycles. The fourth-order valence-electron chi connectivity index (χ4n) is 1.33. The van der Waals surface area contributed by atoms with E-state index in [0.717, 1.165) is 6.20 Å². The Bertz CT molecular complexity index is 615. The Labute approximate surface area is 93.1 Å². The molecule has 2 atom stereocenters. The Morgan fingerprint density at radius 3 is 2.82 bits per heavy atom. The highest BCUT2D eigenvalue weighted by Gasteiger charge is 2.25. The molecule has 2 rings (SSSR count). The first-order chi connectivity index (χ1) is 7.99. The number of carboxylic acid groups (broad SMARTS) is 1. The number of hydrogen-bond donors (Lipinski definition) is 4. The van der Waals surface area contributed by atoms with E-state index < -0.39 is 23.9 Å². The van der Waals surface area contributed by atoms with Crippen molar-refractivity contribution in [3.63, 3.8) is 0 Å². The van der Waals surface area contributed by atoms with Crippen molar-refractivity contribution < 1.29 is 24.5 Å². The maximum Gasteiger partial charge on any atom is 0.418 e. The van der Waals surface area contributed by atoms with Gasteiger partial charge >= 0.3 is 11.7 Å². The van der Waals surface area contributed by atoms with Gasteiger partial charge in [0.15, 0.2) is 17.3 Å². The van der Waals surface area contributed by atoms with Gasteiger partial charge < -0.3 is 19.7 Å². The second kappa shape index (κ2) is 4.00. The maximum absolute atomic E-state index is 10.8. The number of aliphatic hydroxyl groups is 2. The fourth-order valence-corrected chi connectivity index (χ4v) is 1.33. The molecule has 17 heavy (non-hydrogen) atoms. The molecule has 2 aromatic rings. The number of oxazole rings is 1. The van der Waals surface area contributed by atoms with Crippen LogP contribution in [0.25, 0.3) is 11.2 Å². The molecule has 0 aromatic carbocycles. The van der Waals surface area contributed by atoms with Gasteiger partial charge in [0.2, 0.25) is 0 Å². The molecular weight excluding hydrogens is 232 g/mol. The topological polar surface area (TPSA) is 137 Å². The third-order valence-electron chi connectivity index (χ3n) is 2.19. The summed E-state index contributed by atoms with van der Waals surface area (Å²) in [6.07, 6.45) is -2.48. The van der Waals surface area contributed by atoms with Gasteiger partial charge in [0.25, 0.3) is 0 Å². The van der Waals surface area contributed by atoms with Crippen molar-refractivity contribution in [1.29, 1.82) is 0 Å². The Morgan fingerprint density at radius 1 is 1.47 bits per heavy atom. The summed E-state index contributed by atoms with van der Waals surface area (Å²) in [5.41, 5.74) is 0.287. The molecule has 0 bridgehead atoms. The molecule has 2 unspecified atom stereocenters. The van der Waals surface area contributed by atoms with Gasteiger partial charge in [-0.2, -0.15) is 0 Å². The molecule has 8 heteroatoms. The van der Waals surface area contributed by atoms with E-state index in [2.05, 4.69) is 14.4 Å². The van der Waals surface area contributed by atoms with Crippen molar-refractivity contribution in [3.05, 3.63) is 28.4 Å². The highest BCUT2D eigenvalue weighted by atomic mass is 16.4. The number of rotatable bonds is 3. The lowest BCUT2D eigenvalue weighted by Gasteiger charge is -2.13. The average Bonchev–Trinajstić information content (AvgIpc) is 2.65. The van der Waals surface area contributed by atoms with Crippen LogP contribution in [0.15, 0.2) is 21.5 Å².